The molecule has 43 heavy (non-hydrogen) atoms. The summed E-state index contributed by atoms with van der Waals surface area (Å²) < 4.78 is 6.24. The Balaban J connectivity index is 1.42. The number of rotatable bonds is 15. The van der Waals surface area contributed by atoms with Gasteiger partial charge in [0.25, 0.3) is 0 Å². The van der Waals surface area contributed by atoms with E-state index >= 15 is 0 Å². The largest absolute Gasteiger partial charge is 0.489 e. The Hall–Kier alpha value is -3.36. The highest BCUT2D eigenvalue weighted by Gasteiger charge is 2.16. The van der Waals surface area contributed by atoms with Gasteiger partial charge in [-0.05, 0) is 92.7 Å². The van der Waals surface area contributed by atoms with E-state index in [1.54, 1.807) is 29.5 Å². The number of ether oxygens (including phenoxy) is 1. The van der Waals surface area contributed by atoms with E-state index in [-0.39, 0.29) is 12.0 Å². The van der Waals surface area contributed by atoms with Crippen molar-refractivity contribution in [2.75, 3.05) is 13.1 Å². The van der Waals surface area contributed by atoms with Crippen LogP contribution in [0.25, 0.3) is 11.1 Å². The molecule has 0 fully saturated rings. The molecule has 226 valence electrons. The highest BCUT2D eigenvalue weighted by molar-refractivity contribution is 7.12. The van der Waals surface area contributed by atoms with Crippen molar-refractivity contribution in [2.24, 2.45) is 0 Å². The molecular formula is C34H35Cl2NO5S. The lowest BCUT2D eigenvalue weighted by molar-refractivity contribution is -0.137. The molecular weight excluding hydrogens is 605 g/mol. The average molecular weight is 641 g/mol. The smallest absolute Gasteiger partial charge is 0.335 e. The van der Waals surface area contributed by atoms with Crippen LogP contribution >= 0.6 is 34.5 Å². The van der Waals surface area contributed by atoms with E-state index < -0.39 is 11.9 Å². The summed E-state index contributed by atoms with van der Waals surface area (Å²) in [5.41, 5.74) is 5.66. The predicted octanol–water partition coefficient (Wildman–Crippen LogP) is 8.92. The summed E-state index contributed by atoms with van der Waals surface area (Å²) in [6.07, 6.45) is 2.37. The zero-order valence-corrected chi connectivity index (χ0v) is 26.6. The number of nitrogens with zero attached hydrogens (tertiary/aromatic N) is 1. The fraction of sp³-hybridized carbons (Fsp3) is 0.294. The summed E-state index contributed by atoms with van der Waals surface area (Å²) in [5.74, 6) is -0.960. The number of halogens is 2. The van der Waals surface area contributed by atoms with Gasteiger partial charge in [-0.2, -0.15) is 0 Å². The minimum Gasteiger partial charge on any atom is -0.489 e. The minimum absolute atomic E-state index is 0.152. The van der Waals surface area contributed by atoms with Crippen molar-refractivity contribution in [2.45, 2.75) is 52.7 Å². The third kappa shape index (κ3) is 9.31. The quantitative estimate of drug-likeness (QED) is 0.126. The first kappa shape index (κ1) is 32.6. The number of aryl methyl sites for hydroxylation is 2. The molecule has 0 aliphatic rings. The molecule has 9 heteroatoms. The molecule has 0 unspecified atom stereocenters. The normalized spacial score (nSPS) is 11.2. The second kappa shape index (κ2) is 15.4. The lowest BCUT2D eigenvalue weighted by Crippen LogP contribution is -2.27. The molecule has 0 bridgehead atoms. The molecule has 1 aromatic heterocycles. The van der Waals surface area contributed by atoms with E-state index in [1.165, 1.54) is 20.9 Å². The van der Waals surface area contributed by atoms with Crippen LogP contribution in [0.4, 0.5) is 0 Å². The van der Waals surface area contributed by atoms with Crippen LogP contribution in [-0.4, -0.2) is 40.1 Å². The number of hydrogen-bond acceptors (Lipinski definition) is 5. The zero-order valence-electron chi connectivity index (χ0n) is 24.2. The van der Waals surface area contributed by atoms with Crippen LogP contribution in [0.3, 0.4) is 0 Å². The number of hydrogen-bond donors (Lipinski definition) is 2. The lowest BCUT2D eigenvalue weighted by atomic mass is 10.0. The number of carboxylic acids is 2. The average Bonchev–Trinajstić information content (AvgIpc) is 3.24. The van der Waals surface area contributed by atoms with Gasteiger partial charge in [0.15, 0.2) is 0 Å². The molecule has 0 radical (unpaired) electrons. The second-order valence-electron chi connectivity index (χ2n) is 10.5. The number of benzene rings is 3. The first-order valence-corrected chi connectivity index (χ1v) is 15.7. The number of unbranched alkanes of at least 4 members (excludes halogenated alkanes) is 1. The van der Waals surface area contributed by atoms with Crippen molar-refractivity contribution in [3.63, 3.8) is 0 Å². The van der Waals surface area contributed by atoms with Crippen molar-refractivity contribution in [1.82, 2.24) is 4.90 Å². The molecule has 0 aliphatic heterocycles. The second-order valence-corrected chi connectivity index (χ2v) is 12.8. The molecule has 4 aromatic rings. The molecule has 4 rings (SSSR count). The Bertz CT molecular complexity index is 1550. The topological polar surface area (TPSA) is 87.1 Å². The molecule has 6 nitrogen and oxygen atoms in total. The Morgan fingerprint density at radius 3 is 2.21 bits per heavy atom. The van der Waals surface area contributed by atoms with Gasteiger partial charge < -0.3 is 14.9 Å². The van der Waals surface area contributed by atoms with Gasteiger partial charge in [-0.15, -0.1) is 11.3 Å². The van der Waals surface area contributed by atoms with Gasteiger partial charge in [0.05, 0.1) is 5.56 Å². The maximum Gasteiger partial charge on any atom is 0.335 e. The lowest BCUT2D eigenvalue weighted by Gasteiger charge is -2.23. The van der Waals surface area contributed by atoms with Crippen molar-refractivity contribution >= 4 is 46.5 Å². The van der Waals surface area contributed by atoms with Crippen LogP contribution in [0.5, 0.6) is 5.75 Å². The number of carboxylic acid groups (broad SMARTS) is 2. The minimum atomic E-state index is -0.947. The van der Waals surface area contributed by atoms with Crippen LogP contribution < -0.4 is 4.74 Å². The molecule has 0 amide bonds. The van der Waals surface area contributed by atoms with E-state index in [4.69, 9.17) is 33.0 Å². The Morgan fingerprint density at radius 1 is 0.860 bits per heavy atom. The van der Waals surface area contributed by atoms with Crippen LogP contribution in [-0.2, 0) is 24.4 Å². The van der Waals surface area contributed by atoms with E-state index in [1.807, 2.05) is 48.5 Å². The monoisotopic (exact) mass is 639 g/mol. The van der Waals surface area contributed by atoms with Crippen LogP contribution in [0.2, 0.25) is 10.0 Å². The highest BCUT2D eigenvalue weighted by atomic mass is 35.5. The van der Waals surface area contributed by atoms with E-state index in [0.717, 1.165) is 48.4 Å². The Morgan fingerprint density at radius 2 is 1.56 bits per heavy atom. The fourth-order valence-corrected chi connectivity index (χ4v) is 6.70. The van der Waals surface area contributed by atoms with Gasteiger partial charge in [-0.25, -0.2) is 4.79 Å². The maximum absolute atomic E-state index is 11.3. The number of aliphatic carboxylic acids is 1. The van der Waals surface area contributed by atoms with Gasteiger partial charge in [0, 0.05) is 50.4 Å². The molecule has 0 atom stereocenters. The number of carbonyl (C=O) groups is 2. The van der Waals surface area contributed by atoms with Gasteiger partial charge in [-0.3, -0.25) is 9.69 Å². The third-order valence-electron chi connectivity index (χ3n) is 7.40. The molecule has 0 saturated heterocycles. The van der Waals surface area contributed by atoms with E-state index in [0.29, 0.717) is 29.6 Å². The number of aromatic carboxylic acids is 1. The molecule has 0 aliphatic carbocycles. The van der Waals surface area contributed by atoms with Crippen LogP contribution in [0.1, 0.15) is 56.1 Å². The summed E-state index contributed by atoms with van der Waals surface area (Å²) >= 11 is 14.2. The summed E-state index contributed by atoms with van der Waals surface area (Å²) in [6, 6.07) is 20.3. The Labute approximate surface area is 266 Å². The first-order chi connectivity index (χ1) is 20.6. The van der Waals surface area contributed by atoms with Crippen molar-refractivity contribution in [3.8, 4) is 16.9 Å². The molecule has 0 spiro atoms. The predicted molar refractivity (Wildman–Crippen MR) is 174 cm³/mol. The molecule has 0 saturated carbocycles. The van der Waals surface area contributed by atoms with Gasteiger partial charge in [0.2, 0.25) is 0 Å². The summed E-state index contributed by atoms with van der Waals surface area (Å²) in [4.78, 5) is 27.1. The highest BCUT2D eigenvalue weighted by Crippen LogP contribution is 2.33. The zero-order chi connectivity index (χ0) is 30.9. The van der Waals surface area contributed by atoms with Crippen molar-refractivity contribution < 1.29 is 24.5 Å². The molecule has 2 N–H and O–H groups in total. The molecule has 1 heterocycles. The van der Waals surface area contributed by atoms with Crippen molar-refractivity contribution in [1.29, 1.82) is 0 Å². The van der Waals surface area contributed by atoms with Crippen LogP contribution in [0, 0.1) is 13.8 Å². The number of thiophene rings is 1. The van der Waals surface area contributed by atoms with Gasteiger partial charge >= 0.3 is 11.9 Å². The summed E-state index contributed by atoms with van der Waals surface area (Å²) in [5, 5.41) is 19.5. The SMILES string of the molecule is Cc1sc(C)c(COc2ccc(-c3ccc(Cl)cc3Cl)cc2)c1CCN(CCCCC(=O)O)Cc1ccc(C(=O)O)cc1. The molecule has 3 aromatic carbocycles. The van der Waals surface area contributed by atoms with E-state index in [9.17, 15) is 14.7 Å². The first-order valence-electron chi connectivity index (χ1n) is 14.1. The fourth-order valence-electron chi connectivity index (χ4n) is 5.07. The third-order valence-corrected chi connectivity index (χ3v) is 9.05. The maximum atomic E-state index is 11.3. The van der Waals surface area contributed by atoms with E-state index in [2.05, 4.69) is 18.7 Å². The van der Waals surface area contributed by atoms with Gasteiger partial charge in [-0.1, -0.05) is 53.5 Å². The Kier molecular flexibility index (Phi) is 11.7. The van der Waals surface area contributed by atoms with Crippen molar-refractivity contribution in [3.05, 3.63) is 109 Å². The standard InChI is InChI=1S/C34H35Cl2NO5S/c1-22-29(16-18-37(17-4-3-5-33(38)39)20-24-6-8-26(9-7-24)34(40)41)31(23(2)43-22)21-42-28-13-10-25(11-14-28)30-15-12-27(35)19-32(30)36/h6-15,19H,3-5,16-18,20-21H2,1-2H3,(H,38,39)(H,40,41). The summed E-state index contributed by atoms with van der Waals surface area (Å²) in [6.45, 7) is 6.93. The van der Waals surface area contributed by atoms with Crippen LogP contribution in [0.15, 0.2) is 66.7 Å². The van der Waals surface area contributed by atoms with Gasteiger partial charge in [0.1, 0.15) is 12.4 Å². The summed E-state index contributed by atoms with van der Waals surface area (Å²) in [7, 11) is 0.